The van der Waals surface area contributed by atoms with Crippen molar-refractivity contribution in [2.45, 2.75) is 39.4 Å². The van der Waals surface area contributed by atoms with Crippen molar-refractivity contribution in [2.75, 3.05) is 7.11 Å². The minimum atomic E-state index is -0.659. The number of pyridine rings is 1. The molecular weight excluding hydrogens is 414 g/mol. The van der Waals surface area contributed by atoms with E-state index in [9.17, 15) is 9.59 Å². The molecule has 0 bridgehead atoms. The predicted octanol–water partition coefficient (Wildman–Crippen LogP) is 4.00. The van der Waals surface area contributed by atoms with Crippen LogP contribution in [0, 0.1) is 5.92 Å². The molecule has 0 saturated carbocycles. The van der Waals surface area contributed by atoms with E-state index in [1.54, 1.807) is 18.2 Å². The van der Waals surface area contributed by atoms with Gasteiger partial charge in [0.1, 0.15) is 11.8 Å². The van der Waals surface area contributed by atoms with Gasteiger partial charge in [-0.1, -0.05) is 62.4 Å². The van der Waals surface area contributed by atoms with Crippen LogP contribution in [-0.2, 0) is 29.1 Å². The number of nitrogens with zero attached hydrogens (tertiary/aromatic N) is 2. The molecule has 3 aromatic rings. The molecule has 0 aliphatic heterocycles. The van der Waals surface area contributed by atoms with E-state index in [0.717, 1.165) is 22.6 Å². The van der Waals surface area contributed by atoms with E-state index in [1.165, 1.54) is 0 Å². The number of aromatic nitrogens is 1. The zero-order valence-electron chi connectivity index (χ0n) is 19.4. The number of hydrogen-bond acceptors (Lipinski definition) is 4. The van der Waals surface area contributed by atoms with Crippen molar-refractivity contribution in [2.24, 2.45) is 5.92 Å². The summed E-state index contributed by atoms with van der Waals surface area (Å²) >= 11 is 0. The van der Waals surface area contributed by atoms with Crippen LogP contribution in [-0.4, -0.2) is 34.8 Å². The maximum Gasteiger partial charge on any atom is 0.243 e. The van der Waals surface area contributed by atoms with Gasteiger partial charge in [0.25, 0.3) is 0 Å². The fourth-order valence-electron chi connectivity index (χ4n) is 3.58. The number of benzene rings is 2. The monoisotopic (exact) mass is 445 g/mol. The number of carbonyl (C=O) groups excluding carboxylic acids is 2. The van der Waals surface area contributed by atoms with Crippen molar-refractivity contribution in [3.63, 3.8) is 0 Å². The third-order valence-electron chi connectivity index (χ3n) is 5.41. The van der Waals surface area contributed by atoms with Crippen LogP contribution in [0.1, 0.15) is 30.7 Å². The molecule has 0 saturated heterocycles. The van der Waals surface area contributed by atoms with Crippen LogP contribution < -0.4 is 10.1 Å². The first kappa shape index (κ1) is 24.0. The van der Waals surface area contributed by atoms with Gasteiger partial charge in [-0.2, -0.15) is 0 Å². The molecule has 172 valence electrons. The minimum absolute atomic E-state index is 0.0697. The Hall–Kier alpha value is -3.67. The van der Waals surface area contributed by atoms with Crippen LogP contribution in [0.3, 0.4) is 0 Å². The Morgan fingerprint density at radius 3 is 2.24 bits per heavy atom. The Bertz CT molecular complexity index is 1020. The molecule has 0 radical (unpaired) electrons. The van der Waals surface area contributed by atoms with Gasteiger partial charge in [0.15, 0.2) is 0 Å². The van der Waals surface area contributed by atoms with E-state index < -0.39 is 6.04 Å². The quantitative estimate of drug-likeness (QED) is 0.512. The number of rotatable bonds is 10. The molecular formula is C27H31N3O3. The molecule has 6 heteroatoms. The van der Waals surface area contributed by atoms with Crippen LogP contribution in [0.5, 0.6) is 5.75 Å². The minimum Gasteiger partial charge on any atom is -0.497 e. The molecule has 33 heavy (non-hydrogen) atoms. The largest absolute Gasteiger partial charge is 0.497 e. The third-order valence-corrected chi connectivity index (χ3v) is 5.41. The van der Waals surface area contributed by atoms with Gasteiger partial charge in [-0.25, -0.2) is 0 Å². The zero-order valence-corrected chi connectivity index (χ0v) is 19.4. The second-order valence-corrected chi connectivity index (χ2v) is 8.21. The highest BCUT2D eigenvalue weighted by molar-refractivity contribution is 5.88. The molecule has 2 amide bonds. The van der Waals surface area contributed by atoms with E-state index in [4.69, 9.17) is 4.74 Å². The first-order valence-electron chi connectivity index (χ1n) is 11.1. The first-order valence-corrected chi connectivity index (χ1v) is 11.1. The smallest absolute Gasteiger partial charge is 0.243 e. The van der Waals surface area contributed by atoms with Crippen LogP contribution >= 0.6 is 0 Å². The number of nitrogens with one attached hydrogen (secondary N) is 1. The third kappa shape index (κ3) is 6.91. The van der Waals surface area contributed by atoms with Crippen LogP contribution in [0.2, 0.25) is 0 Å². The van der Waals surface area contributed by atoms with Gasteiger partial charge in [0.2, 0.25) is 11.8 Å². The fraction of sp³-hybridized carbons (Fsp3) is 0.296. The Kier molecular flexibility index (Phi) is 8.58. The SMILES string of the molecule is COc1ccc(CN(C(=O)C(C)C)[C@@H](Cc2ccccc2)C(=O)NCc2ccccn2)cc1. The van der Waals surface area contributed by atoms with Crippen molar-refractivity contribution in [1.82, 2.24) is 15.2 Å². The average molecular weight is 446 g/mol. The topological polar surface area (TPSA) is 71.5 Å². The fourth-order valence-corrected chi connectivity index (χ4v) is 3.58. The number of amides is 2. The Morgan fingerprint density at radius 1 is 0.939 bits per heavy atom. The highest BCUT2D eigenvalue weighted by atomic mass is 16.5. The van der Waals surface area contributed by atoms with E-state index >= 15 is 0 Å². The Morgan fingerprint density at radius 2 is 1.64 bits per heavy atom. The zero-order chi connectivity index (χ0) is 23.6. The average Bonchev–Trinajstić information content (AvgIpc) is 2.85. The summed E-state index contributed by atoms with van der Waals surface area (Å²) in [5.74, 6) is 0.228. The number of hydrogen-bond donors (Lipinski definition) is 1. The molecule has 0 spiro atoms. The second kappa shape index (κ2) is 11.8. The van der Waals surface area contributed by atoms with Gasteiger partial charge in [0, 0.05) is 25.1 Å². The molecule has 1 atom stereocenters. The van der Waals surface area contributed by atoms with E-state index in [2.05, 4.69) is 10.3 Å². The molecule has 2 aromatic carbocycles. The van der Waals surface area contributed by atoms with Crippen molar-refractivity contribution in [3.8, 4) is 5.75 Å². The lowest BCUT2D eigenvalue weighted by molar-refractivity contribution is -0.143. The van der Waals surface area contributed by atoms with Gasteiger partial charge in [-0.3, -0.25) is 14.6 Å². The second-order valence-electron chi connectivity index (χ2n) is 8.21. The standard InChI is InChI=1S/C27H31N3O3/c1-20(2)27(32)30(19-22-12-14-24(33-3)15-13-22)25(17-21-9-5-4-6-10-21)26(31)29-18-23-11-7-8-16-28-23/h4-16,20,25H,17-19H2,1-3H3,(H,29,31)/t25-/m0/s1. The van der Waals surface area contributed by atoms with Crippen molar-refractivity contribution in [3.05, 3.63) is 95.8 Å². The van der Waals surface area contributed by atoms with Crippen LogP contribution in [0.4, 0.5) is 0 Å². The summed E-state index contributed by atoms with van der Waals surface area (Å²) in [5.41, 5.74) is 2.69. The summed E-state index contributed by atoms with van der Waals surface area (Å²) in [6.45, 7) is 4.34. The number of carbonyl (C=O) groups is 2. The lowest BCUT2D eigenvalue weighted by Crippen LogP contribution is -2.51. The van der Waals surface area contributed by atoms with Crippen LogP contribution in [0.15, 0.2) is 79.0 Å². The summed E-state index contributed by atoms with van der Waals surface area (Å²) < 4.78 is 5.25. The Labute approximate surface area is 195 Å². The molecule has 1 N–H and O–H groups in total. The molecule has 0 fully saturated rings. The first-order chi connectivity index (χ1) is 16.0. The molecule has 1 heterocycles. The normalized spacial score (nSPS) is 11.6. The van der Waals surface area contributed by atoms with Gasteiger partial charge in [-0.15, -0.1) is 0 Å². The molecule has 0 aliphatic carbocycles. The summed E-state index contributed by atoms with van der Waals surface area (Å²) in [6.07, 6.45) is 2.12. The summed E-state index contributed by atoms with van der Waals surface area (Å²) in [5, 5.41) is 2.98. The lowest BCUT2D eigenvalue weighted by atomic mass is 10.0. The van der Waals surface area contributed by atoms with Gasteiger partial charge >= 0.3 is 0 Å². The maximum absolute atomic E-state index is 13.4. The highest BCUT2D eigenvalue weighted by Crippen LogP contribution is 2.19. The lowest BCUT2D eigenvalue weighted by Gasteiger charge is -2.32. The number of methoxy groups -OCH3 is 1. The van der Waals surface area contributed by atoms with Crippen LogP contribution in [0.25, 0.3) is 0 Å². The highest BCUT2D eigenvalue weighted by Gasteiger charge is 2.31. The molecule has 3 rings (SSSR count). The van der Waals surface area contributed by atoms with Crippen molar-refractivity contribution >= 4 is 11.8 Å². The summed E-state index contributed by atoms with van der Waals surface area (Å²) in [6, 6.07) is 22.3. The molecule has 6 nitrogen and oxygen atoms in total. The Balaban J connectivity index is 1.88. The van der Waals surface area contributed by atoms with Crippen molar-refractivity contribution < 1.29 is 14.3 Å². The summed E-state index contributed by atoms with van der Waals surface area (Å²) in [7, 11) is 1.62. The van der Waals surface area contributed by atoms with Crippen molar-refractivity contribution in [1.29, 1.82) is 0 Å². The molecule has 1 aromatic heterocycles. The molecule has 0 unspecified atom stereocenters. The maximum atomic E-state index is 13.4. The van der Waals surface area contributed by atoms with Gasteiger partial charge < -0.3 is 15.0 Å². The predicted molar refractivity (Wildman–Crippen MR) is 128 cm³/mol. The van der Waals surface area contributed by atoms with E-state index in [1.807, 2.05) is 86.6 Å². The van der Waals surface area contributed by atoms with Gasteiger partial charge in [0.05, 0.1) is 19.3 Å². The summed E-state index contributed by atoms with van der Waals surface area (Å²) in [4.78, 5) is 32.7. The van der Waals surface area contributed by atoms with Gasteiger partial charge in [-0.05, 0) is 35.4 Å². The van der Waals surface area contributed by atoms with E-state index in [0.29, 0.717) is 19.5 Å². The van der Waals surface area contributed by atoms with E-state index in [-0.39, 0.29) is 17.7 Å². The number of ether oxygens (including phenoxy) is 1. The molecule has 0 aliphatic rings.